The summed E-state index contributed by atoms with van der Waals surface area (Å²) in [7, 11) is 6.44. The maximum atomic E-state index is 5.36. The molecule has 7 nitrogen and oxygen atoms in total. The fraction of sp³-hybridized carbons (Fsp3) is 0.238. The van der Waals surface area contributed by atoms with E-state index in [0.29, 0.717) is 28.1 Å². The Bertz CT molecular complexity index is 1020. The average Bonchev–Trinajstić information content (AvgIpc) is 3.25. The van der Waals surface area contributed by atoms with Gasteiger partial charge in [0.2, 0.25) is 5.13 Å². The van der Waals surface area contributed by atoms with E-state index in [4.69, 9.17) is 18.9 Å². The molecule has 0 saturated heterocycles. The molecule has 0 fully saturated rings. The van der Waals surface area contributed by atoms with Gasteiger partial charge in [0.15, 0.2) is 23.0 Å². The Hall–Kier alpha value is -3.26. The average molecular weight is 413 g/mol. The molecule has 0 bridgehead atoms. The largest absolute Gasteiger partial charge is 0.493 e. The van der Waals surface area contributed by atoms with Crippen molar-refractivity contribution in [3.63, 3.8) is 0 Å². The summed E-state index contributed by atoms with van der Waals surface area (Å²) < 4.78 is 21.3. The van der Waals surface area contributed by atoms with Gasteiger partial charge in [-0.1, -0.05) is 0 Å². The summed E-state index contributed by atoms with van der Waals surface area (Å²) in [5, 5.41) is 7.09. The zero-order valence-electron chi connectivity index (χ0n) is 17.0. The Balaban J connectivity index is 1.76. The summed E-state index contributed by atoms with van der Waals surface area (Å²) in [5.74, 6) is 2.68. The number of benzene rings is 2. The van der Waals surface area contributed by atoms with Gasteiger partial charge in [0, 0.05) is 16.5 Å². The van der Waals surface area contributed by atoms with E-state index in [1.807, 2.05) is 48.7 Å². The van der Waals surface area contributed by atoms with Gasteiger partial charge in [-0.25, -0.2) is 4.98 Å². The molecule has 2 aromatic carbocycles. The summed E-state index contributed by atoms with van der Waals surface area (Å²) in [5.41, 5.74) is 6.51. The normalized spacial score (nSPS) is 11.1. The number of hydrogen-bond donors (Lipinski definition) is 1. The Morgan fingerprint density at radius 3 is 2.14 bits per heavy atom. The first-order valence-corrected chi connectivity index (χ1v) is 9.68. The van der Waals surface area contributed by atoms with Crippen LogP contribution in [0.25, 0.3) is 11.3 Å². The van der Waals surface area contributed by atoms with Crippen molar-refractivity contribution in [1.29, 1.82) is 0 Å². The second-order valence-electron chi connectivity index (χ2n) is 5.99. The Kier molecular flexibility index (Phi) is 6.56. The maximum absolute atomic E-state index is 5.36. The van der Waals surface area contributed by atoms with Crippen LogP contribution in [-0.4, -0.2) is 39.1 Å². The first-order valence-electron chi connectivity index (χ1n) is 8.80. The summed E-state index contributed by atoms with van der Waals surface area (Å²) in [6.07, 6.45) is 0. The van der Waals surface area contributed by atoms with Gasteiger partial charge in [-0.05, 0) is 43.3 Å². The lowest BCUT2D eigenvalue weighted by atomic mass is 10.1. The van der Waals surface area contributed by atoms with Crippen molar-refractivity contribution in [3.8, 4) is 34.3 Å². The van der Waals surface area contributed by atoms with Gasteiger partial charge in [-0.3, -0.25) is 5.43 Å². The minimum absolute atomic E-state index is 0.657. The molecule has 0 atom stereocenters. The van der Waals surface area contributed by atoms with Crippen LogP contribution in [0.2, 0.25) is 0 Å². The van der Waals surface area contributed by atoms with E-state index in [2.05, 4.69) is 15.5 Å². The molecule has 29 heavy (non-hydrogen) atoms. The van der Waals surface area contributed by atoms with Gasteiger partial charge in [-0.2, -0.15) is 5.10 Å². The molecule has 3 rings (SSSR count). The SMILES string of the molecule is COc1ccc(C(C)=NNc2nc(-c3ccc(OC)c(OC)c3)cs2)cc1OC. The van der Waals surface area contributed by atoms with Gasteiger partial charge in [-0.15, -0.1) is 11.3 Å². The number of nitrogens with zero attached hydrogens (tertiary/aromatic N) is 2. The van der Waals surface area contributed by atoms with Crippen LogP contribution in [0.3, 0.4) is 0 Å². The van der Waals surface area contributed by atoms with Gasteiger partial charge in [0.25, 0.3) is 0 Å². The molecule has 0 amide bonds. The number of thiazole rings is 1. The molecule has 0 aliphatic heterocycles. The van der Waals surface area contributed by atoms with Crippen LogP contribution in [0.4, 0.5) is 5.13 Å². The topological polar surface area (TPSA) is 74.2 Å². The predicted octanol–water partition coefficient (Wildman–Crippen LogP) is 4.68. The number of methoxy groups -OCH3 is 4. The van der Waals surface area contributed by atoms with Crippen LogP contribution in [0.1, 0.15) is 12.5 Å². The van der Waals surface area contributed by atoms with Crippen molar-refractivity contribution in [2.24, 2.45) is 5.10 Å². The minimum atomic E-state index is 0.657. The molecule has 0 aliphatic carbocycles. The molecule has 0 spiro atoms. The molecular weight excluding hydrogens is 390 g/mol. The minimum Gasteiger partial charge on any atom is -0.493 e. The van der Waals surface area contributed by atoms with Crippen LogP contribution in [-0.2, 0) is 0 Å². The molecular formula is C21H23N3O4S. The zero-order valence-corrected chi connectivity index (χ0v) is 17.8. The van der Waals surface area contributed by atoms with Crippen LogP contribution >= 0.6 is 11.3 Å². The van der Waals surface area contributed by atoms with Crippen molar-refractivity contribution >= 4 is 22.2 Å². The van der Waals surface area contributed by atoms with E-state index < -0.39 is 0 Å². The lowest BCUT2D eigenvalue weighted by Gasteiger charge is -2.09. The summed E-state index contributed by atoms with van der Waals surface area (Å²) in [6.45, 7) is 1.91. The van der Waals surface area contributed by atoms with Crippen molar-refractivity contribution < 1.29 is 18.9 Å². The van der Waals surface area contributed by atoms with Crippen molar-refractivity contribution in [2.75, 3.05) is 33.9 Å². The Morgan fingerprint density at radius 2 is 1.48 bits per heavy atom. The van der Waals surface area contributed by atoms with Crippen LogP contribution in [0, 0.1) is 0 Å². The zero-order chi connectivity index (χ0) is 20.8. The smallest absolute Gasteiger partial charge is 0.203 e. The number of hydrogen-bond acceptors (Lipinski definition) is 8. The molecule has 8 heteroatoms. The van der Waals surface area contributed by atoms with Gasteiger partial charge in [0.1, 0.15) is 0 Å². The molecule has 0 radical (unpaired) electrons. The molecule has 0 unspecified atom stereocenters. The first-order chi connectivity index (χ1) is 14.1. The van der Waals surface area contributed by atoms with E-state index in [9.17, 15) is 0 Å². The standard InChI is InChI=1S/C21H23N3O4S/c1-13(14-6-8-17(25-2)19(10-14)27-4)23-24-21-22-16(12-29-21)15-7-9-18(26-3)20(11-15)28-5/h6-12H,1-5H3,(H,22,24). The number of hydrazone groups is 1. The molecule has 3 aromatic rings. The molecule has 1 heterocycles. The number of nitrogens with one attached hydrogen (secondary N) is 1. The third-order valence-electron chi connectivity index (χ3n) is 4.30. The highest BCUT2D eigenvalue weighted by atomic mass is 32.1. The number of anilines is 1. The van der Waals surface area contributed by atoms with E-state index in [1.54, 1.807) is 28.4 Å². The second-order valence-corrected chi connectivity index (χ2v) is 6.84. The van der Waals surface area contributed by atoms with Gasteiger partial charge >= 0.3 is 0 Å². The van der Waals surface area contributed by atoms with E-state index >= 15 is 0 Å². The maximum Gasteiger partial charge on any atom is 0.203 e. The highest BCUT2D eigenvalue weighted by Gasteiger charge is 2.10. The number of ether oxygens (including phenoxy) is 4. The van der Waals surface area contributed by atoms with E-state index in [1.165, 1.54) is 11.3 Å². The predicted molar refractivity (Wildman–Crippen MR) is 116 cm³/mol. The van der Waals surface area contributed by atoms with Crippen molar-refractivity contribution in [3.05, 3.63) is 47.3 Å². The first kappa shape index (κ1) is 20.5. The van der Waals surface area contributed by atoms with Crippen LogP contribution in [0.5, 0.6) is 23.0 Å². The molecule has 0 saturated carbocycles. The quantitative estimate of drug-likeness (QED) is 0.427. The van der Waals surface area contributed by atoms with E-state index in [0.717, 1.165) is 22.5 Å². The summed E-state index contributed by atoms with van der Waals surface area (Å²) >= 11 is 1.47. The third-order valence-corrected chi connectivity index (χ3v) is 5.05. The van der Waals surface area contributed by atoms with Crippen LogP contribution < -0.4 is 24.4 Å². The number of rotatable bonds is 8. The summed E-state index contributed by atoms with van der Waals surface area (Å²) in [6, 6.07) is 11.4. The lowest BCUT2D eigenvalue weighted by Crippen LogP contribution is -2.01. The molecule has 152 valence electrons. The highest BCUT2D eigenvalue weighted by molar-refractivity contribution is 7.14. The van der Waals surface area contributed by atoms with Gasteiger partial charge in [0.05, 0.1) is 39.8 Å². The van der Waals surface area contributed by atoms with Crippen molar-refractivity contribution in [1.82, 2.24) is 4.98 Å². The fourth-order valence-electron chi connectivity index (χ4n) is 2.71. The molecule has 1 aromatic heterocycles. The van der Waals surface area contributed by atoms with Crippen molar-refractivity contribution in [2.45, 2.75) is 6.92 Å². The van der Waals surface area contributed by atoms with Crippen LogP contribution in [0.15, 0.2) is 46.9 Å². The monoisotopic (exact) mass is 413 g/mol. The Labute approximate surface area is 173 Å². The lowest BCUT2D eigenvalue weighted by molar-refractivity contribution is 0.355. The molecule has 1 N–H and O–H groups in total. The van der Waals surface area contributed by atoms with E-state index in [-0.39, 0.29) is 0 Å². The Morgan fingerprint density at radius 1 is 0.862 bits per heavy atom. The third kappa shape index (κ3) is 4.60. The highest BCUT2D eigenvalue weighted by Crippen LogP contribution is 2.33. The fourth-order valence-corrected chi connectivity index (χ4v) is 3.37. The second kappa shape index (κ2) is 9.29. The molecule has 0 aliphatic rings. The number of aromatic nitrogens is 1. The van der Waals surface area contributed by atoms with Gasteiger partial charge < -0.3 is 18.9 Å². The summed E-state index contributed by atoms with van der Waals surface area (Å²) in [4.78, 5) is 4.60.